The average Bonchev–Trinajstić information content (AvgIpc) is 2.99. The van der Waals surface area contributed by atoms with E-state index in [4.69, 9.17) is 5.73 Å². The molecular weight excluding hydrogens is 274 g/mol. The van der Waals surface area contributed by atoms with Gasteiger partial charge in [-0.2, -0.15) is 0 Å². The summed E-state index contributed by atoms with van der Waals surface area (Å²) in [5.41, 5.74) is 7.83. The molecule has 2 fully saturated rings. The molecule has 22 heavy (non-hydrogen) atoms. The number of hydrogen-bond donors (Lipinski definition) is 2. The van der Waals surface area contributed by atoms with Crippen LogP contribution in [0.1, 0.15) is 44.1 Å². The van der Waals surface area contributed by atoms with E-state index in [2.05, 4.69) is 41.4 Å². The van der Waals surface area contributed by atoms with Crippen LogP contribution in [0, 0.1) is 6.92 Å². The van der Waals surface area contributed by atoms with Crippen LogP contribution in [0.4, 0.5) is 5.69 Å². The minimum absolute atomic E-state index is 0.161. The summed E-state index contributed by atoms with van der Waals surface area (Å²) in [5.74, 6) is -0.161. The van der Waals surface area contributed by atoms with Crippen LogP contribution in [0.15, 0.2) is 24.3 Å². The van der Waals surface area contributed by atoms with E-state index in [0.717, 1.165) is 51.6 Å². The Morgan fingerprint density at radius 3 is 2.32 bits per heavy atom. The van der Waals surface area contributed by atoms with Crippen molar-refractivity contribution in [1.29, 1.82) is 0 Å². The van der Waals surface area contributed by atoms with Gasteiger partial charge in [0.2, 0.25) is 5.91 Å². The quantitative estimate of drug-likeness (QED) is 0.897. The largest absolute Gasteiger partial charge is 0.371 e. The first-order valence-electron chi connectivity index (χ1n) is 8.48. The number of primary amides is 1. The molecule has 1 aliphatic heterocycles. The Labute approximate surface area is 133 Å². The Balaban J connectivity index is 1.57. The van der Waals surface area contributed by atoms with Crippen LogP contribution >= 0.6 is 0 Å². The van der Waals surface area contributed by atoms with Gasteiger partial charge in [0.1, 0.15) is 0 Å². The molecule has 0 spiro atoms. The molecule has 0 aromatic heterocycles. The zero-order valence-corrected chi connectivity index (χ0v) is 13.5. The molecule has 0 radical (unpaired) electrons. The van der Waals surface area contributed by atoms with Gasteiger partial charge in [-0.3, -0.25) is 4.79 Å². The Kier molecular flexibility index (Phi) is 4.39. The molecule has 3 N–H and O–H groups in total. The second-order valence-electron chi connectivity index (χ2n) is 6.89. The van der Waals surface area contributed by atoms with Crippen LogP contribution in [0.2, 0.25) is 0 Å². The van der Waals surface area contributed by atoms with E-state index in [1.54, 1.807) is 0 Å². The van der Waals surface area contributed by atoms with Gasteiger partial charge in [0.05, 0.1) is 5.54 Å². The maximum atomic E-state index is 11.9. The van der Waals surface area contributed by atoms with Gasteiger partial charge in [-0.05, 0) is 44.7 Å². The lowest BCUT2D eigenvalue weighted by Crippen LogP contribution is -2.58. The maximum absolute atomic E-state index is 11.9. The Bertz CT molecular complexity index is 512. The van der Waals surface area contributed by atoms with Crippen LogP contribution < -0.4 is 16.0 Å². The summed E-state index contributed by atoms with van der Waals surface area (Å²) in [5, 5.41) is 3.61. The first kappa shape index (κ1) is 15.3. The molecule has 4 nitrogen and oxygen atoms in total. The lowest BCUT2D eigenvalue weighted by atomic mass is 9.92. The van der Waals surface area contributed by atoms with E-state index in [1.165, 1.54) is 11.3 Å². The van der Waals surface area contributed by atoms with Crippen LogP contribution in [-0.2, 0) is 4.79 Å². The smallest absolute Gasteiger partial charge is 0.237 e. The molecule has 1 heterocycles. The van der Waals surface area contributed by atoms with Gasteiger partial charge in [-0.1, -0.05) is 30.5 Å². The summed E-state index contributed by atoms with van der Waals surface area (Å²) in [7, 11) is 0. The van der Waals surface area contributed by atoms with E-state index in [-0.39, 0.29) is 5.91 Å². The zero-order valence-electron chi connectivity index (χ0n) is 13.5. The number of anilines is 1. The Hall–Kier alpha value is -1.55. The number of aryl methyl sites for hydroxylation is 1. The molecule has 0 bridgehead atoms. The average molecular weight is 301 g/mol. The summed E-state index contributed by atoms with van der Waals surface area (Å²) in [4.78, 5) is 14.3. The summed E-state index contributed by atoms with van der Waals surface area (Å²) >= 11 is 0. The van der Waals surface area contributed by atoms with Gasteiger partial charge in [0.25, 0.3) is 0 Å². The Morgan fingerprint density at radius 2 is 1.77 bits per heavy atom. The van der Waals surface area contributed by atoms with Crippen molar-refractivity contribution in [2.45, 2.75) is 57.0 Å². The van der Waals surface area contributed by atoms with E-state index >= 15 is 0 Å². The third-order valence-corrected chi connectivity index (χ3v) is 5.30. The van der Waals surface area contributed by atoms with Crippen molar-refractivity contribution in [3.63, 3.8) is 0 Å². The number of amides is 1. The maximum Gasteiger partial charge on any atom is 0.237 e. The second-order valence-corrected chi connectivity index (χ2v) is 6.89. The lowest BCUT2D eigenvalue weighted by molar-refractivity contribution is -0.124. The highest BCUT2D eigenvalue weighted by Gasteiger charge is 2.41. The number of hydrogen-bond acceptors (Lipinski definition) is 3. The fourth-order valence-electron chi connectivity index (χ4n) is 3.87. The summed E-state index contributed by atoms with van der Waals surface area (Å²) in [6.07, 6.45) is 6.17. The van der Waals surface area contributed by atoms with E-state index in [1.807, 2.05) is 0 Å². The zero-order chi connectivity index (χ0) is 15.6. The molecule has 120 valence electrons. The highest BCUT2D eigenvalue weighted by atomic mass is 16.1. The topological polar surface area (TPSA) is 58.4 Å². The van der Waals surface area contributed by atoms with Crippen molar-refractivity contribution in [2.24, 2.45) is 5.73 Å². The molecule has 1 aliphatic carbocycles. The molecule has 1 saturated heterocycles. The van der Waals surface area contributed by atoms with E-state index < -0.39 is 5.54 Å². The van der Waals surface area contributed by atoms with Crippen molar-refractivity contribution in [3.8, 4) is 0 Å². The summed E-state index contributed by atoms with van der Waals surface area (Å²) < 4.78 is 0. The summed E-state index contributed by atoms with van der Waals surface area (Å²) in [6, 6.07) is 9.14. The lowest BCUT2D eigenvalue weighted by Gasteiger charge is -2.38. The van der Waals surface area contributed by atoms with Crippen LogP contribution in [0.5, 0.6) is 0 Å². The number of benzene rings is 1. The molecule has 4 heteroatoms. The monoisotopic (exact) mass is 301 g/mol. The number of nitrogens with zero attached hydrogens (tertiary/aromatic N) is 1. The van der Waals surface area contributed by atoms with Gasteiger partial charge in [-0.25, -0.2) is 0 Å². The standard InChI is InChI=1S/C18H27N3O/c1-14-4-6-16(7-5-14)21-12-8-15(9-13-21)20-18(17(19)22)10-2-3-11-18/h4-7,15,20H,2-3,8-13H2,1H3,(H2,19,22). The summed E-state index contributed by atoms with van der Waals surface area (Å²) in [6.45, 7) is 4.19. The van der Waals surface area contributed by atoms with Gasteiger partial charge in [-0.15, -0.1) is 0 Å². The number of piperidine rings is 1. The predicted molar refractivity (Wildman–Crippen MR) is 89.9 cm³/mol. The number of nitrogens with two attached hydrogens (primary N) is 1. The molecular formula is C18H27N3O. The van der Waals surface area contributed by atoms with Crippen LogP contribution in [0.25, 0.3) is 0 Å². The fraction of sp³-hybridized carbons (Fsp3) is 0.611. The van der Waals surface area contributed by atoms with Crippen molar-refractivity contribution in [3.05, 3.63) is 29.8 Å². The SMILES string of the molecule is Cc1ccc(N2CCC(NC3(C(N)=O)CCCC3)CC2)cc1. The molecule has 1 amide bonds. The van der Waals surface area contributed by atoms with Gasteiger partial charge in [0.15, 0.2) is 0 Å². The molecule has 1 saturated carbocycles. The third-order valence-electron chi connectivity index (χ3n) is 5.30. The highest BCUT2D eigenvalue weighted by molar-refractivity contribution is 5.85. The van der Waals surface area contributed by atoms with Gasteiger partial charge in [0, 0.05) is 24.8 Å². The molecule has 2 aliphatic rings. The molecule has 1 aromatic carbocycles. The van der Waals surface area contributed by atoms with Gasteiger partial charge >= 0.3 is 0 Å². The number of carbonyl (C=O) groups excluding carboxylic acids is 1. The van der Waals surface area contributed by atoms with Crippen molar-refractivity contribution in [1.82, 2.24) is 5.32 Å². The van der Waals surface area contributed by atoms with E-state index in [9.17, 15) is 4.79 Å². The Morgan fingerprint density at radius 1 is 1.18 bits per heavy atom. The second kappa shape index (κ2) is 6.29. The minimum Gasteiger partial charge on any atom is -0.371 e. The van der Waals surface area contributed by atoms with Gasteiger partial charge < -0.3 is 16.0 Å². The van der Waals surface area contributed by atoms with Crippen molar-refractivity contribution in [2.75, 3.05) is 18.0 Å². The molecule has 0 unspecified atom stereocenters. The third kappa shape index (κ3) is 3.12. The highest BCUT2D eigenvalue weighted by Crippen LogP contribution is 2.31. The molecule has 3 rings (SSSR count). The van der Waals surface area contributed by atoms with Crippen LogP contribution in [-0.4, -0.2) is 30.6 Å². The van der Waals surface area contributed by atoms with E-state index in [0.29, 0.717) is 6.04 Å². The minimum atomic E-state index is -0.434. The molecule has 0 atom stereocenters. The van der Waals surface area contributed by atoms with Crippen molar-refractivity contribution >= 4 is 11.6 Å². The first-order valence-corrected chi connectivity index (χ1v) is 8.48. The molecule has 1 aromatic rings. The number of nitrogens with one attached hydrogen (secondary N) is 1. The number of rotatable bonds is 4. The first-order chi connectivity index (χ1) is 10.6. The fourth-order valence-corrected chi connectivity index (χ4v) is 3.87. The number of carbonyl (C=O) groups is 1. The van der Waals surface area contributed by atoms with Crippen molar-refractivity contribution < 1.29 is 4.79 Å². The van der Waals surface area contributed by atoms with Crippen LogP contribution in [0.3, 0.4) is 0 Å². The normalized spacial score (nSPS) is 22.0. The predicted octanol–water partition coefficient (Wildman–Crippen LogP) is 2.35.